The number of pyridine rings is 1. The van der Waals surface area contributed by atoms with E-state index >= 15 is 0 Å². The number of esters is 1. The van der Waals surface area contributed by atoms with Crippen molar-refractivity contribution >= 4 is 39.4 Å². The minimum absolute atomic E-state index is 0.0671. The lowest BCUT2D eigenvalue weighted by Gasteiger charge is -2.29. The lowest BCUT2D eigenvalue weighted by Crippen LogP contribution is -2.44. The molecule has 1 aliphatic heterocycles. The third-order valence-electron chi connectivity index (χ3n) is 2.83. The smallest absolute Gasteiger partial charge is 0.320 e. The number of halogens is 1. The van der Waals surface area contributed by atoms with E-state index < -0.39 is 21.2 Å². The molecule has 6 nitrogen and oxygen atoms in total. The first-order valence-electron chi connectivity index (χ1n) is 5.76. The molecule has 110 valence electrons. The number of aromatic nitrogens is 1. The van der Waals surface area contributed by atoms with E-state index in [0.29, 0.717) is 12.3 Å². The summed E-state index contributed by atoms with van der Waals surface area (Å²) in [5.41, 5.74) is 0. The van der Waals surface area contributed by atoms with Gasteiger partial charge in [0.1, 0.15) is 15.3 Å². The van der Waals surface area contributed by atoms with Gasteiger partial charge in [0, 0.05) is 25.0 Å². The van der Waals surface area contributed by atoms with Crippen LogP contribution >= 0.6 is 23.4 Å². The average molecular weight is 337 g/mol. The molecule has 0 unspecified atom stereocenters. The standard InChI is InChI=1S/C11H13ClN2O4S2/c1-18-11(15)9-7-14(4-5-19-9)20(16,17)8-2-3-10(12)13-6-8/h2-3,6,9H,4-5,7H2,1H3/t9-/m1/s1. The van der Waals surface area contributed by atoms with Gasteiger partial charge in [-0.2, -0.15) is 4.31 Å². The van der Waals surface area contributed by atoms with Gasteiger partial charge in [-0.1, -0.05) is 11.6 Å². The van der Waals surface area contributed by atoms with Crippen molar-refractivity contribution in [3.05, 3.63) is 23.5 Å². The Morgan fingerprint density at radius 1 is 1.55 bits per heavy atom. The molecular formula is C11H13ClN2O4S2. The third-order valence-corrected chi connectivity index (χ3v) is 6.07. The third kappa shape index (κ3) is 3.25. The summed E-state index contributed by atoms with van der Waals surface area (Å²) in [6, 6.07) is 2.82. The fraction of sp³-hybridized carbons (Fsp3) is 0.455. The number of rotatable bonds is 3. The summed E-state index contributed by atoms with van der Waals surface area (Å²) in [5.74, 6) is 0.129. The molecule has 1 atom stereocenters. The van der Waals surface area contributed by atoms with Crippen molar-refractivity contribution in [1.82, 2.24) is 9.29 Å². The van der Waals surface area contributed by atoms with E-state index in [9.17, 15) is 13.2 Å². The first-order chi connectivity index (χ1) is 9.45. The van der Waals surface area contributed by atoms with Crippen molar-refractivity contribution in [2.24, 2.45) is 0 Å². The quantitative estimate of drug-likeness (QED) is 0.605. The van der Waals surface area contributed by atoms with Crippen LogP contribution in [0.2, 0.25) is 5.15 Å². The van der Waals surface area contributed by atoms with Crippen LogP contribution in [-0.4, -0.2) is 54.9 Å². The van der Waals surface area contributed by atoms with Crippen LogP contribution in [0.1, 0.15) is 0 Å². The van der Waals surface area contributed by atoms with E-state index in [1.165, 1.54) is 41.5 Å². The van der Waals surface area contributed by atoms with Crippen LogP contribution in [0.25, 0.3) is 0 Å². The van der Waals surface area contributed by atoms with E-state index in [-0.39, 0.29) is 16.6 Å². The maximum absolute atomic E-state index is 12.4. The Morgan fingerprint density at radius 3 is 2.90 bits per heavy atom. The van der Waals surface area contributed by atoms with E-state index in [0.717, 1.165) is 0 Å². The van der Waals surface area contributed by atoms with Gasteiger partial charge in [-0.3, -0.25) is 4.79 Å². The zero-order valence-electron chi connectivity index (χ0n) is 10.7. The fourth-order valence-corrected chi connectivity index (χ4v) is 4.63. The van der Waals surface area contributed by atoms with Gasteiger partial charge in [-0.15, -0.1) is 11.8 Å². The molecule has 9 heteroatoms. The highest BCUT2D eigenvalue weighted by Gasteiger charge is 2.34. The first kappa shape index (κ1) is 15.6. The summed E-state index contributed by atoms with van der Waals surface area (Å²) < 4.78 is 30.8. The van der Waals surface area contributed by atoms with Gasteiger partial charge in [-0.25, -0.2) is 13.4 Å². The number of ether oxygens (including phenoxy) is 1. The van der Waals surface area contributed by atoms with Crippen LogP contribution in [0.4, 0.5) is 0 Å². The molecule has 20 heavy (non-hydrogen) atoms. The molecule has 2 heterocycles. The second-order valence-corrected chi connectivity index (χ2v) is 7.70. The largest absolute Gasteiger partial charge is 0.468 e. The molecule has 0 aromatic carbocycles. The van der Waals surface area contributed by atoms with Crippen LogP contribution in [0.3, 0.4) is 0 Å². The van der Waals surface area contributed by atoms with Gasteiger partial charge in [0.25, 0.3) is 0 Å². The minimum Gasteiger partial charge on any atom is -0.468 e. The van der Waals surface area contributed by atoms with Crippen LogP contribution in [-0.2, 0) is 19.6 Å². The van der Waals surface area contributed by atoms with Crippen molar-refractivity contribution in [3.63, 3.8) is 0 Å². The lowest BCUT2D eigenvalue weighted by molar-refractivity contribution is -0.140. The average Bonchev–Trinajstić information content (AvgIpc) is 2.47. The minimum atomic E-state index is -3.66. The van der Waals surface area contributed by atoms with Crippen molar-refractivity contribution in [3.8, 4) is 0 Å². The summed E-state index contributed by atoms with van der Waals surface area (Å²) in [6.07, 6.45) is 1.21. The van der Waals surface area contributed by atoms with E-state index in [1.807, 2.05) is 0 Å². The fourth-order valence-electron chi connectivity index (χ4n) is 1.78. The van der Waals surface area contributed by atoms with Crippen LogP contribution < -0.4 is 0 Å². The number of carbonyl (C=O) groups excluding carboxylic acids is 1. The van der Waals surface area contributed by atoms with Gasteiger partial charge in [-0.05, 0) is 12.1 Å². The number of nitrogens with zero attached hydrogens (tertiary/aromatic N) is 2. The number of thioether (sulfide) groups is 1. The number of methoxy groups -OCH3 is 1. The Labute approximate surface area is 126 Å². The Bertz CT molecular complexity index is 591. The Morgan fingerprint density at radius 2 is 2.30 bits per heavy atom. The number of carbonyl (C=O) groups is 1. The van der Waals surface area contributed by atoms with E-state index in [4.69, 9.17) is 11.6 Å². The van der Waals surface area contributed by atoms with Gasteiger partial charge < -0.3 is 4.74 Å². The van der Waals surface area contributed by atoms with Crippen LogP contribution in [0, 0.1) is 0 Å². The molecule has 0 saturated carbocycles. The zero-order chi connectivity index (χ0) is 14.8. The van der Waals surface area contributed by atoms with E-state index in [1.54, 1.807) is 0 Å². The first-order valence-corrected chi connectivity index (χ1v) is 8.63. The predicted octanol–water partition coefficient (Wildman–Crippen LogP) is 1.01. The molecule has 1 aromatic rings. The molecule has 0 N–H and O–H groups in total. The molecule has 1 saturated heterocycles. The zero-order valence-corrected chi connectivity index (χ0v) is 13.0. The van der Waals surface area contributed by atoms with Gasteiger partial charge in [0.2, 0.25) is 10.0 Å². The molecule has 0 aliphatic carbocycles. The van der Waals surface area contributed by atoms with Gasteiger partial charge in [0.05, 0.1) is 7.11 Å². The normalized spacial score (nSPS) is 20.6. The molecule has 1 aromatic heterocycles. The summed E-state index contributed by atoms with van der Waals surface area (Å²) >= 11 is 7.04. The monoisotopic (exact) mass is 336 g/mol. The second-order valence-electron chi connectivity index (χ2n) is 4.06. The summed E-state index contributed by atoms with van der Waals surface area (Å²) in [4.78, 5) is 15.4. The topological polar surface area (TPSA) is 76.6 Å². The van der Waals surface area contributed by atoms with E-state index in [2.05, 4.69) is 9.72 Å². The Hall–Kier alpha value is -0.830. The molecule has 0 spiro atoms. The van der Waals surface area contributed by atoms with Crippen LogP contribution in [0.15, 0.2) is 23.2 Å². The molecule has 0 amide bonds. The van der Waals surface area contributed by atoms with Crippen molar-refractivity contribution in [2.75, 3.05) is 26.0 Å². The highest BCUT2D eigenvalue weighted by molar-refractivity contribution is 8.00. The van der Waals surface area contributed by atoms with Gasteiger partial charge in [0.15, 0.2) is 0 Å². The maximum atomic E-state index is 12.4. The SMILES string of the molecule is COC(=O)[C@H]1CN(S(=O)(=O)c2ccc(Cl)nc2)CCS1. The molecule has 0 bridgehead atoms. The van der Waals surface area contributed by atoms with Crippen molar-refractivity contribution < 1.29 is 17.9 Å². The highest BCUT2D eigenvalue weighted by atomic mass is 35.5. The second kappa shape index (κ2) is 6.30. The molecule has 2 rings (SSSR count). The number of sulfonamides is 1. The maximum Gasteiger partial charge on any atom is 0.320 e. The van der Waals surface area contributed by atoms with Crippen molar-refractivity contribution in [2.45, 2.75) is 10.1 Å². The molecule has 1 aliphatic rings. The highest BCUT2D eigenvalue weighted by Crippen LogP contribution is 2.25. The summed E-state index contributed by atoms with van der Waals surface area (Å²) in [5, 5.41) is -0.269. The number of hydrogen-bond acceptors (Lipinski definition) is 6. The molecule has 0 radical (unpaired) electrons. The van der Waals surface area contributed by atoms with Gasteiger partial charge >= 0.3 is 5.97 Å². The Balaban J connectivity index is 2.21. The molecule has 1 fully saturated rings. The Kier molecular flexibility index (Phi) is 4.90. The lowest BCUT2D eigenvalue weighted by atomic mass is 10.4. The molecular weight excluding hydrogens is 324 g/mol. The van der Waals surface area contributed by atoms with Crippen LogP contribution in [0.5, 0.6) is 0 Å². The number of hydrogen-bond donors (Lipinski definition) is 0. The predicted molar refractivity (Wildman–Crippen MR) is 76.3 cm³/mol. The van der Waals surface area contributed by atoms with Crippen molar-refractivity contribution in [1.29, 1.82) is 0 Å². The summed E-state index contributed by atoms with van der Waals surface area (Å²) in [6.45, 7) is 0.450. The summed E-state index contributed by atoms with van der Waals surface area (Å²) in [7, 11) is -2.37.